The van der Waals surface area contributed by atoms with Crippen LogP contribution in [0.15, 0.2) is 24.3 Å². The molecule has 1 N–H and O–H groups in total. The van der Waals surface area contributed by atoms with E-state index in [0.717, 1.165) is 0 Å². The highest BCUT2D eigenvalue weighted by atomic mass is 16.6. The van der Waals surface area contributed by atoms with Crippen molar-refractivity contribution in [2.45, 2.75) is 6.42 Å². The molecule has 0 aliphatic carbocycles. The van der Waals surface area contributed by atoms with E-state index in [0.29, 0.717) is 17.2 Å². The Kier molecular flexibility index (Phi) is 2.79. The van der Waals surface area contributed by atoms with Crippen molar-refractivity contribution in [1.29, 1.82) is 5.26 Å². The minimum Gasteiger partial charge on any atom is -0.262 e. The van der Waals surface area contributed by atoms with Gasteiger partial charge >= 0.3 is 0 Å². The predicted molar refractivity (Wildman–Crippen MR) is 57.8 cm³/mol. The lowest BCUT2D eigenvalue weighted by atomic mass is 10.2. The molecule has 17 heavy (non-hydrogen) atoms. The van der Waals surface area contributed by atoms with Gasteiger partial charge in [-0.25, -0.2) is 4.98 Å². The fraction of sp³-hybridized carbons (Fsp3) is 0.100. The monoisotopic (exact) mass is 229 g/mol. The molecule has 84 valence electrons. The number of hydrogen-bond donors (Lipinski definition) is 1. The van der Waals surface area contributed by atoms with Gasteiger partial charge in [0.15, 0.2) is 5.82 Å². The van der Waals surface area contributed by atoms with E-state index in [4.69, 9.17) is 5.26 Å². The Bertz CT molecular complexity index is 581. The van der Waals surface area contributed by atoms with Crippen LogP contribution in [0.3, 0.4) is 0 Å². The average Bonchev–Trinajstić information content (AvgIpc) is 2.78. The molecule has 0 aliphatic rings. The minimum absolute atomic E-state index is 0.0153. The van der Waals surface area contributed by atoms with Gasteiger partial charge in [-0.3, -0.25) is 15.2 Å². The van der Waals surface area contributed by atoms with Gasteiger partial charge in [0.2, 0.25) is 0 Å². The number of nitro benzene ring substituents is 1. The molecule has 0 amide bonds. The van der Waals surface area contributed by atoms with Crippen LogP contribution in [0.1, 0.15) is 5.82 Å². The first kappa shape index (κ1) is 10.8. The molecule has 1 aromatic heterocycles. The molecular formula is C10H7N5O2. The number of non-ortho nitro benzene ring substituents is 1. The molecule has 0 spiro atoms. The SMILES string of the molecule is N#CCc1nc(-c2ccc([N+](=O)[O-])cc2)n[nH]1. The van der Waals surface area contributed by atoms with Crippen LogP contribution in [0.5, 0.6) is 0 Å². The lowest BCUT2D eigenvalue weighted by molar-refractivity contribution is -0.384. The summed E-state index contributed by atoms with van der Waals surface area (Å²) < 4.78 is 0. The highest BCUT2D eigenvalue weighted by Gasteiger charge is 2.08. The fourth-order valence-corrected chi connectivity index (χ4v) is 1.31. The van der Waals surface area contributed by atoms with Crippen molar-refractivity contribution < 1.29 is 4.92 Å². The molecular weight excluding hydrogens is 222 g/mol. The first-order valence-corrected chi connectivity index (χ1v) is 4.74. The van der Waals surface area contributed by atoms with Crippen molar-refractivity contribution in [3.05, 3.63) is 40.2 Å². The van der Waals surface area contributed by atoms with Crippen molar-refractivity contribution in [2.24, 2.45) is 0 Å². The van der Waals surface area contributed by atoms with E-state index in [1.54, 1.807) is 12.1 Å². The first-order chi connectivity index (χ1) is 8.20. The van der Waals surface area contributed by atoms with Crippen LogP contribution in [0.2, 0.25) is 0 Å². The molecule has 7 nitrogen and oxygen atoms in total. The van der Waals surface area contributed by atoms with Crippen LogP contribution < -0.4 is 0 Å². The zero-order valence-electron chi connectivity index (χ0n) is 8.62. The lowest BCUT2D eigenvalue weighted by Crippen LogP contribution is -1.88. The highest BCUT2D eigenvalue weighted by Crippen LogP contribution is 2.18. The second kappa shape index (κ2) is 4.40. The van der Waals surface area contributed by atoms with Crippen molar-refractivity contribution in [3.8, 4) is 17.5 Å². The molecule has 0 bridgehead atoms. The van der Waals surface area contributed by atoms with E-state index in [1.807, 2.05) is 6.07 Å². The number of nitrogens with zero attached hydrogens (tertiary/aromatic N) is 4. The number of H-pyrrole nitrogens is 1. The molecule has 2 rings (SSSR count). The molecule has 0 saturated carbocycles. The van der Waals surface area contributed by atoms with Crippen molar-refractivity contribution in [1.82, 2.24) is 15.2 Å². The predicted octanol–water partition coefficient (Wildman–Crippen LogP) is 1.45. The molecule has 2 aromatic rings. The molecule has 1 aromatic carbocycles. The summed E-state index contributed by atoms with van der Waals surface area (Å²) in [6.45, 7) is 0. The summed E-state index contributed by atoms with van der Waals surface area (Å²) in [5.74, 6) is 0.894. The van der Waals surface area contributed by atoms with Gasteiger partial charge in [0.05, 0.1) is 17.4 Å². The summed E-state index contributed by atoms with van der Waals surface area (Å²) in [6, 6.07) is 7.85. The van der Waals surface area contributed by atoms with Gasteiger partial charge in [-0.15, -0.1) is 0 Å². The maximum Gasteiger partial charge on any atom is 0.269 e. The summed E-state index contributed by atoms with van der Waals surface area (Å²) in [5.41, 5.74) is 0.678. The van der Waals surface area contributed by atoms with Crippen molar-refractivity contribution in [2.75, 3.05) is 0 Å². The number of hydrogen-bond acceptors (Lipinski definition) is 5. The highest BCUT2D eigenvalue weighted by molar-refractivity contribution is 5.56. The third kappa shape index (κ3) is 2.26. The summed E-state index contributed by atoms with van der Waals surface area (Å²) in [4.78, 5) is 14.1. The Labute approximate surface area is 95.9 Å². The minimum atomic E-state index is -0.469. The van der Waals surface area contributed by atoms with Gasteiger partial charge in [-0.1, -0.05) is 0 Å². The Morgan fingerprint density at radius 1 is 1.41 bits per heavy atom. The molecule has 0 radical (unpaired) electrons. The van der Waals surface area contributed by atoms with Crippen molar-refractivity contribution in [3.63, 3.8) is 0 Å². The maximum atomic E-state index is 10.5. The van der Waals surface area contributed by atoms with E-state index in [2.05, 4.69) is 15.2 Å². The second-order valence-corrected chi connectivity index (χ2v) is 3.24. The molecule has 0 fully saturated rings. The third-order valence-electron chi connectivity index (χ3n) is 2.11. The van der Waals surface area contributed by atoms with Crippen LogP contribution >= 0.6 is 0 Å². The Balaban J connectivity index is 2.27. The summed E-state index contributed by atoms with van der Waals surface area (Å²) in [7, 11) is 0. The largest absolute Gasteiger partial charge is 0.269 e. The Hall–Kier alpha value is -2.75. The Morgan fingerprint density at radius 2 is 2.12 bits per heavy atom. The zero-order chi connectivity index (χ0) is 12.3. The standard InChI is InChI=1S/C10H7N5O2/c11-6-5-9-12-10(14-13-9)7-1-3-8(4-2-7)15(16)17/h1-4H,5H2,(H,12,13,14). The van der Waals surface area contributed by atoms with Crippen molar-refractivity contribution >= 4 is 5.69 Å². The van der Waals surface area contributed by atoms with E-state index in [-0.39, 0.29) is 12.1 Å². The first-order valence-electron chi connectivity index (χ1n) is 4.74. The van der Waals surface area contributed by atoms with Gasteiger partial charge in [-0.2, -0.15) is 10.4 Å². The lowest BCUT2D eigenvalue weighted by Gasteiger charge is -1.94. The molecule has 7 heteroatoms. The number of nitriles is 1. The third-order valence-corrected chi connectivity index (χ3v) is 2.11. The normalized spacial score (nSPS) is 9.82. The van der Waals surface area contributed by atoms with E-state index >= 15 is 0 Å². The zero-order valence-corrected chi connectivity index (χ0v) is 8.62. The Morgan fingerprint density at radius 3 is 2.71 bits per heavy atom. The number of nitro groups is 1. The molecule has 0 saturated heterocycles. The molecule has 1 heterocycles. The van der Waals surface area contributed by atoms with Gasteiger partial charge in [-0.05, 0) is 12.1 Å². The molecule has 0 aliphatic heterocycles. The van der Waals surface area contributed by atoms with Crippen LogP contribution in [0.25, 0.3) is 11.4 Å². The summed E-state index contributed by atoms with van der Waals surface area (Å²) in [6.07, 6.45) is 0.153. The van der Waals surface area contributed by atoms with Gasteiger partial charge in [0.1, 0.15) is 5.82 Å². The average molecular weight is 229 g/mol. The van der Waals surface area contributed by atoms with Crippen LogP contribution in [0, 0.1) is 21.4 Å². The number of rotatable bonds is 3. The van der Waals surface area contributed by atoms with E-state index < -0.39 is 4.92 Å². The maximum absolute atomic E-state index is 10.5. The van der Waals surface area contributed by atoms with Gasteiger partial charge < -0.3 is 0 Å². The number of nitrogens with one attached hydrogen (secondary N) is 1. The van der Waals surface area contributed by atoms with E-state index in [9.17, 15) is 10.1 Å². The summed E-state index contributed by atoms with van der Waals surface area (Å²) >= 11 is 0. The van der Waals surface area contributed by atoms with Gasteiger partial charge in [0.25, 0.3) is 5.69 Å². The second-order valence-electron chi connectivity index (χ2n) is 3.24. The van der Waals surface area contributed by atoms with E-state index in [1.165, 1.54) is 12.1 Å². The van der Waals surface area contributed by atoms with Crippen LogP contribution in [-0.4, -0.2) is 20.1 Å². The number of aromatic amines is 1. The summed E-state index contributed by atoms with van der Waals surface area (Å²) in [5, 5.41) is 25.5. The fourth-order valence-electron chi connectivity index (χ4n) is 1.31. The quantitative estimate of drug-likeness (QED) is 0.632. The smallest absolute Gasteiger partial charge is 0.262 e. The van der Waals surface area contributed by atoms with Crippen LogP contribution in [-0.2, 0) is 6.42 Å². The topological polar surface area (TPSA) is 108 Å². The van der Waals surface area contributed by atoms with Gasteiger partial charge in [0, 0.05) is 17.7 Å². The molecule has 0 unspecified atom stereocenters. The van der Waals surface area contributed by atoms with Crippen LogP contribution in [0.4, 0.5) is 5.69 Å². The molecule has 0 atom stereocenters. The number of aromatic nitrogens is 3. The number of benzene rings is 1.